The highest BCUT2D eigenvalue weighted by Crippen LogP contribution is 2.32. The SMILES string of the molecule is CC1CN(C(=O)C(Cc2ccccc2)NC(=O)c2ccc3c(c2)OCO3)CCN1C(=O)Nc1ccc(Cl)c(Cl)c1. The number of ether oxygens (including phenoxy) is 2. The van der Waals surface area contributed by atoms with Crippen molar-refractivity contribution in [2.75, 3.05) is 31.7 Å². The lowest BCUT2D eigenvalue weighted by Gasteiger charge is -2.41. The minimum Gasteiger partial charge on any atom is -0.454 e. The van der Waals surface area contributed by atoms with Gasteiger partial charge in [0.25, 0.3) is 5.91 Å². The van der Waals surface area contributed by atoms with Gasteiger partial charge < -0.3 is 29.9 Å². The van der Waals surface area contributed by atoms with Crippen LogP contribution >= 0.6 is 23.2 Å². The summed E-state index contributed by atoms with van der Waals surface area (Å²) in [7, 11) is 0. The molecule has 3 aromatic carbocycles. The molecule has 40 heavy (non-hydrogen) atoms. The summed E-state index contributed by atoms with van der Waals surface area (Å²) in [5.41, 5.74) is 1.81. The Bertz CT molecular complexity index is 1420. The van der Waals surface area contributed by atoms with E-state index in [-0.39, 0.29) is 30.7 Å². The molecule has 2 N–H and O–H groups in total. The van der Waals surface area contributed by atoms with E-state index in [9.17, 15) is 14.4 Å². The van der Waals surface area contributed by atoms with Crippen molar-refractivity contribution in [2.24, 2.45) is 0 Å². The van der Waals surface area contributed by atoms with E-state index >= 15 is 0 Å². The number of urea groups is 1. The Morgan fingerprint density at radius 3 is 2.48 bits per heavy atom. The van der Waals surface area contributed by atoms with Crippen molar-refractivity contribution in [3.05, 3.63) is 87.9 Å². The van der Waals surface area contributed by atoms with Gasteiger partial charge in [0.05, 0.1) is 10.0 Å². The topological polar surface area (TPSA) is 100 Å². The van der Waals surface area contributed by atoms with Gasteiger partial charge in [-0.3, -0.25) is 9.59 Å². The quantitative estimate of drug-likeness (QED) is 0.433. The molecule has 208 valence electrons. The summed E-state index contributed by atoms with van der Waals surface area (Å²) >= 11 is 12.0. The van der Waals surface area contributed by atoms with E-state index in [0.717, 1.165) is 5.56 Å². The maximum Gasteiger partial charge on any atom is 0.322 e. The standard InChI is InChI=1S/C29H28Cl2N4O5/c1-18-16-34(11-12-35(18)29(38)32-21-8-9-22(30)23(31)15-21)28(37)24(13-19-5-3-2-4-6-19)33-27(36)20-7-10-25-26(14-20)40-17-39-25/h2-10,14-15,18,24H,11-13,16-17H2,1H3,(H,32,38)(H,33,36). The number of nitrogens with zero attached hydrogens (tertiary/aromatic N) is 2. The van der Waals surface area contributed by atoms with Gasteiger partial charge >= 0.3 is 6.03 Å². The van der Waals surface area contributed by atoms with Crippen molar-refractivity contribution < 1.29 is 23.9 Å². The van der Waals surface area contributed by atoms with Gasteiger partial charge in [0.1, 0.15) is 6.04 Å². The van der Waals surface area contributed by atoms with E-state index in [1.165, 1.54) is 0 Å². The minimum atomic E-state index is -0.802. The van der Waals surface area contributed by atoms with Crippen LogP contribution in [0.2, 0.25) is 10.0 Å². The Hall–Kier alpha value is -3.95. The van der Waals surface area contributed by atoms with Crippen molar-refractivity contribution >= 4 is 46.7 Å². The van der Waals surface area contributed by atoms with Crippen LogP contribution in [-0.2, 0) is 11.2 Å². The first-order chi connectivity index (χ1) is 19.3. The second kappa shape index (κ2) is 12.1. The fraction of sp³-hybridized carbons (Fsp3) is 0.276. The molecule has 0 aromatic heterocycles. The Morgan fingerprint density at radius 2 is 1.73 bits per heavy atom. The molecule has 5 rings (SSSR count). The van der Waals surface area contributed by atoms with Crippen molar-refractivity contribution in [1.82, 2.24) is 15.1 Å². The van der Waals surface area contributed by atoms with Crippen LogP contribution in [0.3, 0.4) is 0 Å². The molecule has 3 aromatic rings. The zero-order valence-electron chi connectivity index (χ0n) is 21.7. The van der Waals surface area contributed by atoms with Crippen molar-refractivity contribution in [3.63, 3.8) is 0 Å². The number of carbonyl (C=O) groups is 3. The highest BCUT2D eigenvalue weighted by atomic mass is 35.5. The molecule has 0 radical (unpaired) electrons. The first kappa shape index (κ1) is 27.6. The molecule has 2 atom stereocenters. The smallest absolute Gasteiger partial charge is 0.322 e. The monoisotopic (exact) mass is 582 g/mol. The Morgan fingerprint density at radius 1 is 0.950 bits per heavy atom. The molecule has 0 spiro atoms. The molecular weight excluding hydrogens is 555 g/mol. The second-order valence-corrected chi connectivity index (χ2v) is 10.5. The number of carbonyl (C=O) groups excluding carboxylic acids is 3. The number of benzene rings is 3. The summed E-state index contributed by atoms with van der Waals surface area (Å²) in [4.78, 5) is 43.3. The first-order valence-corrected chi connectivity index (χ1v) is 13.6. The van der Waals surface area contributed by atoms with Crippen LogP contribution in [0.25, 0.3) is 0 Å². The first-order valence-electron chi connectivity index (χ1n) is 12.8. The zero-order valence-corrected chi connectivity index (χ0v) is 23.2. The molecule has 2 aliphatic heterocycles. The van der Waals surface area contributed by atoms with E-state index in [1.807, 2.05) is 37.3 Å². The fourth-order valence-electron chi connectivity index (χ4n) is 4.78. The summed E-state index contributed by atoms with van der Waals surface area (Å²) in [6.45, 7) is 2.95. The van der Waals surface area contributed by atoms with E-state index < -0.39 is 6.04 Å². The van der Waals surface area contributed by atoms with E-state index in [1.54, 1.807) is 46.2 Å². The van der Waals surface area contributed by atoms with Crippen LogP contribution in [0, 0.1) is 0 Å². The molecule has 2 unspecified atom stereocenters. The highest BCUT2D eigenvalue weighted by Gasteiger charge is 2.34. The largest absolute Gasteiger partial charge is 0.454 e. The van der Waals surface area contributed by atoms with E-state index in [2.05, 4.69) is 10.6 Å². The lowest BCUT2D eigenvalue weighted by Crippen LogP contribution is -2.60. The molecule has 1 saturated heterocycles. The number of hydrogen-bond donors (Lipinski definition) is 2. The number of anilines is 1. The second-order valence-electron chi connectivity index (χ2n) is 9.67. The minimum absolute atomic E-state index is 0.102. The average Bonchev–Trinajstić information content (AvgIpc) is 3.43. The molecule has 11 heteroatoms. The zero-order chi connectivity index (χ0) is 28.2. The molecule has 4 amide bonds. The number of rotatable bonds is 6. The summed E-state index contributed by atoms with van der Waals surface area (Å²) in [5.74, 6) is 0.459. The normalized spacial score (nSPS) is 16.8. The van der Waals surface area contributed by atoms with Crippen molar-refractivity contribution in [1.29, 1.82) is 0 Å². The lowest BCUT2D eigenvalue weighted by atomic mass is 10.0. The fourth-order valence-corrected chi connectivity index (χ4v) is 5.08. The van der Waals surface area contributed by atoms with Crippen molar-refractivity contribution in [3.8, 4) is 11.5 Å². The Balaban J connectivity index is 1.26. The van der Waals surface area contributed by atoms with E-state index in [4.69, 9.17) is 32.7 Å². The van der Waals surface area contributed by atoms with Crippen LogP contribution in [0.1, 0.15) is 22.8 Å². The van der Waals surface area contributed by atoms with Gasteiger partial charge in [-0.25, -0.2) is 4.79 Å². The molecule has 2 aliphatic rings. The summed E-state index contributed by atoms with van der Waals surface area (Å²) in [6.07, 6.45) is 0.322. The van der Waals surface area contributed by atoms with Gasteiger partial charge in [0.2, 0.25) is 12.7 Å². The maximum absolute atomic E-state index is 13.8. The maximum atomic E-state index is 13.8. The Labute approximate surface area is 241 Å². The van der Waals surface area contributed by atoms with Gasteiger partial charge in [-0.2, -0.15) is 0 Å². The number of piperazine rings is 1. The summed E-state index contributed by atoms with van der Waals surface area (Å²) < 4.78 is 10.7. The van der Waals surface area contributed by atoms with Crippen LogP contribution in [-0.4, -0.2) is 66.2 Å². The number of fused-ring (bicyclic) bond motifs is 1. The van der Waals surface area contributed by atoms with Gasteiger partial charge in [0, 0.05) is 43.3 Å². The molecular formula is C29H28Cl2N4O5. The third-order valence-corrected chi connectivity index (χ3v) is 7.63. The van der Waals surface area contributed by atoms with Crippen molar-refractivity contribution in [2.45, 2.75) is 25.4 Å². The molecule has 2 heterocycles. The predicted octanol–water partition coefficient (Wildman–Crippen LogP) is 4.83. The number of amides is 4. The molecule has 1 fully saturated rings. The molecule has 0 bridgehead atoms. The summed E-state index contributed by atoms with van der Waals surface area (Å²) in [6, 6.07) is 18.0. The Kier molecular flexibility index (Phi) is 8.32. The third-order valence-electron chi connectivity index (χ3n) is 6.89. The predicted molar refractivity (Wildman–Crippen MR) is 152 cm³/mol. The summed E-state index contributed by atoms with van der Waals surface area (Å²) in [5, 5.41) is 6.50. The number of nitrogens with one attached hydrogen (secondary N) is 2. The molecule has 0 saturated carbocycles. The molecule has 0 aliphatic carbocycles. The van der Waals surface area contributed by atoms with Gasteiger partial charge in [-0.1, -0.05) is 53.5 Å². The lowest BCUT2D eigenvalue weighted by molar-refractivity contribution is -0.135. The van der Waals surface area contributed by atoms with Crippen LogP contribution in [0.15, 0.2) is 66.7 Å². The van der Waals surface area contributed by atoms with Crippen LogP contribution < -0.4 is 20.1 Å². The molecule has 9 nitrogen and oxygen atoms in total. The highest BCUT2D eigenvalue weighted by molar-refractivity contribution is 6.42. The number of halogens is 2. The third kappa shape index (κ3) is 6.26. The average molecular weight is 583 g/mol. The van der Waals surface area contributed by atoms with Crippen LogP contribution in [0.4, 0.5) is 10.5 Å². The number of hydrogen-bond acceptors (Lipinski definition) is 5. The van der Waals surface area contributed by atoms with Gasteiger partial charge in [-0.15, -0.1) is 0 Å². The van der Waals surface area contributed by atoms with E-state index in [0.29, 0.717) is 58.9 Å². The van der Waals surface area contributed by atoms with Crippen LogP contribution in [0.5, 0.6) is 11.5 Å². The van der Waals surface area contributed by atoms with Gasteiger partial charge in [-0.05, 0) is 48.9 Å². The van der Waals surface area contributed by atoms with Gasteiger partial charge in [0.15, 0.2) is 11.5 Å².